The van der Waals surface area contributed by atoms with Crippen LogP contribution in [0.1, 0.15) is 12.5 Å². The molecule has 0 saturated carbocycles. The smallest absolute Gasteiger partial charge is 0.257 e. The third-order valence-corrected chi connectivity index (χ3v) is 2.42. The highest BCUT2D eigenvalue weighted by Crippen LogP contribution is 2.38. The van der Waals surface area contributed by atoms with Gasteiger partial charge < -0.3 is 24.6 Å². The second kappa shape index (κ2) is 7.48. The first-order valence-corrected chi connectivity index (χ1v) is 5.91. The van der Waals surface area contributed by atoms with Crippen LogP contribution >= 0.6 is 0 Å². The van der Waals surface area contributed by atoms with Crippen LogP contribution in [-0.4, -0.2) is 38.4 Å². The van der Waals surface area contributed by atoms with Crippen LogP contribution in [0.2, 0.25) is 0 Å². The number of hydrogen-bond acceptors (Lipinski definition) is 5. The van der Waals surface area contributed by atoms with Crippen molar-refractivity contribution in [2.75, 3.05) is 27.4 Å². The largest absolute Gasteiger partial charge is 0.493 e. The number of carbonyl (C=O) groups excluding carboxylic acids is 1. The fourth-order valence-corrected chi connectivity index (χ4v) is 1.55. The number of methoxy groups -OCH3 is 2. The Morgan fingerprint density at radius 3 is 2.26 bits per heavy atom. The predicted molar refractivity (Wildman–Crippen MR) is 69.6 cm³/mol. The molecule has 1 amide bonds. The van der Waals surface area contributed by atoms with Crippen molar-refractivity contribution in [2.45, 2.75) is 13.5 Å². The van der Waals surface area contributed by atoms with Gasteiger partial charge in [0, 0.05) is 6.54 Å². The minimum atomic E-state index is -0.224. The average molecular weight is 269 g/mol. The summed E-state index contributed by atoms with van der Waals surface area (Å²) in [5.41, 5.74) is 0.638. The Hall–Kier alpha value is -1.95. The Labute approximate surface area is 112 Å². The highest BCUT2D eigenvalue weighted by molar-refractivity contribution is 5.77. The van der Waals surface area contributed by atoms with E-state index >= 15 is 0 Å². The molecular weight excluding hydrogens is 250 g/mol. The Balaban J connectivity index is 2.94. The summed E-state index contributed by atoms with van der Waals surface area (Å²) in [6, 6.07) is 3.27. The van der Waals surface area contributed by atoms with Crippen LogP contribution in [0, 0.1) is 0 Å². The number of ether oxygens (including phenoxy) is 3. The molecule has 0 saturated heterocycles. The van der Waals surface area contributed by atoms with Crippen molar-refractivity contribution in [2.24, 2.45) is 0 Å². The van der Waals surface area contributed by atoms with Crippen LogP contribution in [0.4, 0.5) is 0 Å². The van der Waals surface area contributed by atoms with Gasteiger partial charge in [-0.1, -0.05) is 0 Å². The van der Waals surface area contributed by atoms with E-state index in [9.17, 15) is 4.79 Å². The Morgan fingerprint density at radius 1 is 1.26 bits per heavy atom. The minimum absolute atomic E-state index is 0.126. The maximum absolute atomic E-state index is 11.4. The fourth-order valence-electron chi connectivity index (χ4n) is 1.55. The first-order chi connectivity index (χ1) is 9.15. The van der Waals surface area contributed by atoms with Crippen molar-refractivity contribution >= 4 is 5.91 Å². The van der Waals surface area contributed by atoms with Gasteiger partial charge >= 0.3 is 0 Å². The maximum atomic E-state index is 11.4. The standard InChI is InChI=1S/C13H19NO5/c1-4-14-12(16)8-19-13-10(17-2)5-9(7-15)6-11(13)18-3/h5-6,15H,4,7-8H2,1-3H3,(H,14,16). The topological polar surface area (TPSA) is 77.0 Å². The molecule has 0 aliphatic carbocycles. The van der Waals surface area contributed by atoms with Crippen LogP contribution < -0.4 is 19.5 Å². The second-order valence-electron chi connectivity index (χ2n) is 3.73. The van der Waals surface area contributed by atoms with Crippen LogP contribution in [0.5, 0.6) is 17.2 Å². The summed E-state index contributed by atoms with van der Waals surface area (Å²) in [5.74, 6) is 0.937. The van der Waals surface area contributed by atoms with Crippen LogP contribution in [0.25, 0.3) is 0 Å². The summed E-state index contributed by atoms with van der Waals surface area (Å²) >= 11 is 0. The lowest BCUT2D eigenvalue weighted by molar-refractivity contribution is -0.123. The number of aliphatic hydroxyl groups is 1. The molecule has 1 rings (SSSR count). The number of aliphatic hydroxyl groups excluding tert-OH is 1. The van der Waals surface area contributed by atoms with Gasteiger partial charge in [-0.05, 0) is 24.6 Å². The van der Waals surface area contributed by atoms with Gasteiger partial charge in [0.2, 0.25) is 5.75 Å². The number of benzene rings is 1. The number of rotatable bonds is 7. The molecule has 1 aromatic carbocycles. The molecule has 6 heteroatoms. The first-order valence-electron chi connectivity index (χ1n) is 5.91. The van der Waals surface area contributed by atoms with E-state index in [4.69, 9.17) is 19.3 Å². The van der Waals surface area contributed by atoms with Gasteiger partial charge in [0.25, 0.3) is 5.91 Å². The number of nitrogens with one attached hydrogen (secondary N) is 1. The maximum Gasteiger partial charge on any atom is 0.257 e. The second-order valence-corrected chi connectivity index (χ2v) is 3.73. The van der Waals surface area contributed by atoms with Gasteiger partial charge in [-0.3, -0.25) is 4.79 Å². The monoisotopic (exact) mass is 269 g/mol. The molecule has 0 atom stereocenters. The Morgan fingerprint density at radius 2 is 1.84 bits per heavy atom. The molecular formula is C13H19NO5. The SMILES string of the molecule is CCNC(=O)COc1c(OC)cc(CO)cc1OC. The molecule has 0 heterocycles. The molecule has 6 nitrogen and oxygen atoms in total. The molecule has 0 unspecified atom stereocenters. The summed E-state index contributed by atoms with van der Waals surface area (Å²) in [6.45, 7) is 2.11. The number of likely N-dealkylation sites (N-methyl/N-ethyl adjacent to an activating group) is 1. The zero-order chi connectivity index (χ0) is 14.3. The lowest BCUT2D eigenvalue weighted by Gasteiger charge is -2.15. The summed E-state index contributed by atoms with van der Waals surface area (Å²) in [6.07, 6.45) is 0. The van der Waals surface area contributed by atoms with Crippen molar-refractivity contribution < 1.29 is 24.1 Å². The molecule has 106 valence electrons. The van der Waals surface area contributed by atoms with E-state index in [2.05, 4.69) is 5.32 Å². The van der Waals surface area contributed by atoms with Crippen molar-refractivity contribution in [1.29, 1.82) is 0 Å². The summed E-state index contributed by atoms with van der Waals surface area (Å²) in [7, 11) is 2.96. The van der Waals surface area contributed by atoms with Crippen molar-refractivity contribution in [3.8, 4) is 17.2 Å². The molecule has 0 bridgehead atoms. The van der Waals surface area contributed by atoms with Gasteiger partial charge in [-0.2, -0.15) is 0 Å². The van der Waals surface area contributed by atoms with Gasteiger partial charge in [0.05, 0.1) is 20.8 Å². The van der Waals surface area contributed by atoms with Gasteiger partial charge in [0.1, 0.15) is 0 Å². The summed E-state index contributed by atoms with van der Waals surface area (Å²) < 4.78 is 15.8. The van der Waals surface area contributed by atoms with Crippen LogP contribution in [-0.2, 0) is 11.4 Å². The average Bonchev–Trinajstić information content (AvgIpc) is 2.44. The van der Waals surface area contributed by atoms with Gasteiger partial charge in [0.15, 0.2) is 18.1 Å². The van der Waals surface area contributed by atoms with Crippen LogP contribution in [0.15, 0.2) is 12.1 Å². The molecule has 0 fully saturated rings. The zero-order valence-corrected chi connectivity index (χ0v) is 11.4. The molecule has 0 aliphatic rings. The van der Waals surface area contributed by atoms with E-state index in [1.807, 2.05) is 6.92 Å². The quantitative estimate of drug-likeness (QED) is 0.762. The van der Waals surface area contributed by atoms with E-state index < -0.39 is 0 Å². The normalized spacial score (nSPS) is 9.89. The van der Waals surface area contributed by atoms with Crippen molar-refractivity contribution in [3.63, 3.8) is 0 Å². The first kappa shape index (κ1) is 15.1. The van der Waals surface area contributed by atoms with E-state index in [1.165, 1.54) is 14.2 Å². The fraction of sp³-hybridized carbons (Fsp3) is 0.462. The molecule has 0 spiro atoms. The zero-order valence-electron chi connectivity index (χ0n) is 11.4. The van der Waals surface area contributed by atoms with Crippen LogP contribution in [0.3, 0.4) is 0 Å². The molecule has 1 aromatic rings. The lowest BCUT2D eigenvalue weighted by atomic mass is 10.2. The molecule has 0 aromatic heterocycles. The highest BCUT2D eigenvalue weighted by Gasteiger charge is 2.15. The van der Waals surface area contributed by atoms with Crippen molar-refractivity contribution in [3.05, 3.63) is 17.7 Å². The minimum Gasteiger partial charge on any atom is -0.493 e. The van der Waals surface area contributed by atoms with Gasteiger partial charge in [-0.15, -0.1) is 0 Å². The molecule has 19 heavy (non-hydrogen) atoms. The summed E-state index contributed by atoms with van der Waals surface area (Å²) in [4.78, 5) is 11.4. The number of amides is 1. The predicted octanol–water partition coefficient (Wildman–Crippen LogP) is 0.711. The highest BCUT2D eigenvalue weighted by atomic mass is 16.5. The lowest BCUT2D eigenvalue weighted by Crippen LogP contribution is -2.28. The summed E-state index contributed by atoms with van der Waals surface area (Å²) in [5, 5.41) is 11.8. The number of hydrogen-bond donors (Lipinski definition) is 2. The molecule has 0 radical (unpaired) electrons. The molecule has 0 aliphatic heterocycles. The van der Waals surface area contributed by atoms with E-state index in [0.717, 1.165) is 0 Å². The number of carbonyl (C=O) groups is 1. The van der Waals surface area contributed by atoms with E-state index in [-0.39, 0.29) is 19.1 Å². The van der Waals surface area contributed by atoms with Crippen molar-refractivity contribution in [1.82, 2.24) is 5.32 Å². The Bertz CT molecular complexity index is 408. The Kier molecular flexibility index (Phi) is 5.95. The van der Waals surface area contributed by atoms with E-state index in [1.54, 1.807) is 12.1 Å². The van der Waals surface area contributed by atoms with E-state index in [0.29, 0.717) is 29.4 Å². The molecule has 2 N–H and O–H groups in total. The van der Waals surface area contributed by atoms with Gasteiger partial charge in [-0.25, -0.2) is 0 Å². The third-order valence-electron chi connectivity index (χ3n) is 2.42. The third kappa shape index (κ3) is 4.03.